The van der Waals surface area contributed by atoms with Gasteiger partial charge in [-0.3, -0.25) is 9.79 Å². The summed E-state index contributed by atoms with van der Waals surface area (Å²) in [6.07, 6.45) is 3.71. The van der Waals surface area contributed by atoms with Gasteiger partial charge in [-0.05, 0) is 19.7 Å². The molecule has 0 aromatic heterocycles. The number of methoxy groups -OCH3 is 1. The summed E-state index contributed by atoms with van der Waals surface area (Å²) < 4.78 is 4.88. The summed E-state index contributed by atoms with van der Waals surface area (Å²) in [6, 6.07) is 0. The lowest BCUT2D eigenvalue weighted by molar-refractivity contribution is -0.105. The van der Waals surface area contributed by atoms with Gasteiger partial charge in [0.25, 0.3) is 0 Å². The van der Waals surface area contributed by atoms with Crippen molar-refractivity contribution in [3.8, 4) is 0 Å². The lowest BCUT2D eigenvalue weighted by Crippen LogP contribution is -1.92. The molecular weight excluding hydrogens is 142 g/mol. The van der Waals surface area contributed by atoms with Crippen molar-refractivity contribution in [2.24, 2.45) is 4.99 Å². The molecule has 0 N–H and O–H groups in total. The van der Waals surface area contributed by atoms with Gasteiger partial charge in [0.2, 0.25) is 0 Å². The molecule has 0 aromatic carbocycles. The third-order valence-electron chi connectivity index (χ3n) is 1.12. The van der Waals surface area contributed by atoms with Gasteiger partial charge in [-0.25, -0.2) is 0 Å². The number of hydrogen-bond acceptors (Lipinski definition) is 3. The molecule has 0 aromatic rings. The third-order valence-corrected chi connectivity index (χ3v) is 1.12. The van der Waals surface area contributed by atoms with Crippen molar-refractivity contribution in [2.75, 3.05) is 7.11 Å². The first-order chi connectivity index (χ1) is 5.29. The first-order valence-electron chi connectivity index (χ1n) is 3.12. The Hall–Kier alpha value is -1.38. The van der Waals surface area contributed by atoms with Crippen molar-refractivity contribution in [1.82, 2.24) is 0 Å². The van der Waals surface area contributed by atoms with Gasteiger partial charge in [0.15, 0.2) is 6.29 Å². The molecule has 0 aliphatic carbocycles. The highest BCUT2D eigenvalue weighted by atomic mass is 16.5. The van der Waals surface area contributed by atoms with Crippen LogP contribution in [-0.2, 0) is 9.53 Å². The largest absolute Gasteiger partial charge is 0.496 e. The molecule has 60 valence electrons. The van der Waals surface area contributed by atoms with E-state index in [9.17, 15) is 4.79 Å². The Labute approximate surface area is 66.1 Å². The van der Waals surface area contributed by atoms with Crippen LogP contribution in [0.5, 0.6) is 0 Å². The van der Waals surface area contributed by atoms with Gasteiger partial charge >= 0.3 is 0 Å². The lowest BCUT2D eigenvalue weighted by atomic mass is 10.2. The van der Waals surface area contributed by atoms with Crippen LogP contribution < -0.4 is 0 Å². The molecule has 3 heteroatoms. The molecule has 3 nitrogen and oxygen atoms in total. The zero-order valence-corrected chi connectivity index (χ0v) is 6.70. The van der Waals surface area contributed by atoms with Crippen LogP contribution in [0.2, 0.25) is 0 Å². The molecule has 0 heterocycles. The summed E-state index contributed by atoms with van der Waals surface area (Å²) in [6.45, 7) is 5.01. The van der Waals surface area contributed by atoms with E-state index in [1.165, 1.54) is 13.3 Å². The number of carbonyl (C=O) groups is 1. The normalized spacial score (nSPS) is 12.5. The SMILES string of the molecule is C=N/C=C(C=O)\C(=C/C)OC. The molecule has 0 unspecified atom stereocenters. The van der Waals surface area contributed by atoms with Crippen molar-refractivity contribution in [3.05, 3.63) is 23.6 Å². The molecule has 0 aliphatic heterocycles. The third kappa shape index (κ3) is 2.80. The second-order valence-corrected chi connectivity index (χ2v) is 1.74. The Morgan fingerprint density at radius 2 is 2.27 bits per heavy atom. The highest BCUT2D eigenvalue weighted by Crippen LogP contribution is 2.07. The molecule has 0 rings (SSSR count). The van der Waals surface area contributed by atoms with Gasteiger partial charge < -0.3 is 4.74 Å². The molecule has 0 radical (unpaired) electrons. The summed E-state index contributed by atoms with van der Waals surface area (Å²) in [4.78, 5) is 13.8. The van der Waals surface area contributed by atoms with Crippen molar-refractivity contribution >= 4 is 13.0 Å². The first-order valence-corrected chi connectivity index (χ1v) is 3.12. The highest BCUT2D eigenvalue weighted by molar-refractivity contribution is 5.79. The molecule has 0 saturated heterocycles. The van der Waals surface area contributed by atoms with E-state index in [4.69, 9.17) is 4.74 Å². The Morgan fingerprint density at radius 1 is 1.64 bits per heavy atom. The second-order valence-electron chi connectivity index (χ2n) is 1.74. The number of allylic oxidation sites excluding steroid dienone is 2. The topological polar surface area (TPSA) is 38.7 Å². The van der Waals surface area contributed by atoms with Crippen LogP contribution in [0.15, 0.2) is 28.6 Å². The summed E-state index contributed by atoms with van der Waals surface area (Å²) >= 11 is 0. The fraction of sp³-hybridized carbons (Fsp3) is 0.250. The Balaban J connectivity index is 4.61. The lowest BCUT2D eigenvalue weighted by Gasteiger charge is -2.01. The zero-order valence-electron chi connectivity index (χ0n) is 6.70. The molecular formula is C8H11NO2. The van der Waals surface area contributed by atoms with E-state index >= 15 is 0 Å². The van der Waals surface area contributed by atoms with Crippen LogP contribution in [-0.4, -0.2) is 20.1 Å². The zero-order chi connectivity index (χ0) is 8.69. The molecule has 0 saturated carbocycles. The van der Waals surface area contributed by atoms with Gasteiger partial charge in [0.1, 0.15) is 5.76 Å². The number of nitrogens with zero attached hydrogens (tertiary/aromatic N) is 1. The average molecular weight is 153 g/mol. The number of hydrogen-bond donors (Lipinski definition) is 0. The van der Waals surface area contributed by atoms with E-state index in [1.54, 1.807) is 13.0 Å². The Kier molecular flexibility index (Phi) is 4.73. The van der Waals surface area contributed by atoms with Crippen LogP contribution in [0.3, 0.4) is 0 Å². The van der Waals surface area contributed by atoms with E-state index in [0.717, 1.165) is 0 Å². The Bertz CT molecular complexity index is 204. The monoisotopic (exact) mass is 153 g/mol. The van der Waals surface area contributed by atoms with E-state index in [2.05, 4.69) is 11.7 Å². The van der Waals surface area contributed by atoms with Gasteiger partial charge in [-0.1, -0.05) is 0 Å². The number of aldehydes is 1. The molecule has 0 spiro atoms. The quantitative estimate of drug-likeness (QED) is 0.201. The van der Waals surface area contributed by atoms with Crippen LogP contribution in [0, 0.1) is 0 Å². The van der Waals surface area contributed by atoms with Gasteiger partial charge in [-0.2, -0.15) is 0 Å². The maximum absolute atomic E-state index is 10.4. The molecule has 0 bridgehead atoms. The summed E-state index contributed by atoms with van der Waals surface area (Å²) in [5.74, 6) is 0.507. The molecule has 0 aliphatic rings. The molecule has 11 heavy (non-hydrogen) atoms. The fourth-order valence-corrected chi connectivity index (χ4v) is 0.653. The van der Waals surface area contributed by atoms with Crippen molar-refractivity contribution in [1.29, 1.82) is 0 Å². The minimum atomic E-state index is 0.394. The van der Waals surface area contributed by atoms with E-state index in [1.807, 2.05) is 0 Å². The predicted molar refractivity (Wildman–Crippen MR) is 44.5 cm³/mol. The highest BCUT2D eigenvalue weighted by Gasteiger charge is 2.00. The summed E-state index contributed by atoms with van der Waals surface area (Å²) in [5, 5.41) is 0. The number of carbonyl (C=O) groups excluding carboxylic acids is 1. The minimum absolute atomic E-state index is 0.394. The molecule has 0 amide bonds. The fourth-order valence-electron chi connectivity index (χ4n) is 0.653. The van der Waals surface area contributed by atoms with Gasteiger partial charge in [-0.15, -0.1) is 0 Å². The van der Waals surface area contributed by atoms with Gasteiger partial charge in [0, 0.05) is 6.20 Å². The van der Waals surface area contributed by atoms with E-state index < -0.39 is 0 Å². The first kappa shape index (κ1) is 9.62. The Morgan fingerprint density at radius 3 is 2.55 bits per heavy atom. The molecule has 0 atom stereocenters. The minimum Gasteiger partial charge on any atom is -0.496 e. The number of aliphatic imine (C=N–C) groups is 1. The number of ether oxygens (including phenoxy) is 1. The van der Waals surface area contributed by atoms with Crippen LogP contribution >= 0.6 is 0 Å². The second kappa shape index (κ2) is 5.41. The summed E-state index contributed by atoms with van der Waals surface area (Å²) in [7, 11) is 1.50. The van der Waals surface area contributed by atoms with Crippen molar-refractivity contribution < 1.29 is 9.53 Å². The van der Waals surface area contributed by atoms with Crippen molar-refractivity contribution in [2.45, 2.75) is 6.92 Å². The standard InChI is InChI=1S/C8H11NO2/c1-4-8(11-3)7(6-10)5-9-2/h4-6H,2H2,1,3H3/b7-5-,8-4+. The average Bonchev–Trinajstić information content (AvgIpc) is 2.05. The van der Waals surface area contributed by atoms with Crippen LogP contribution in [0.25, 0.3) is 0 Å². The molecule has 0 fully saturated rings. The maximum atomic E-state index is 10.4. The number of rotatable bonds is 4. The van der Waals surface area contributed by atoms with E-state index in [-0.39, 0.29) is 0 Å². The van der Waals surface area contributed by atoms with Crippen molar-refractivity contribution in [3.63, 3.8) is 0 Å². The van der Waals surface area contributed by atoms with E-state index in [0.29, 0.717) is 17.6 Å². The summed E-state index contributed by atoms with van der Waals surface area (Å²) in [5.41, 5.74) is 0.394. The smallest absolute Gasteiger partial charge is 0.155 e. The predicted octanol–water partition coefficient (Wildman–Crippen LogP) is 1.32. The van der Waals surface area contributed by atoms with Gasteiger partial charge in [0.05, 0.1) is 12.7 Å². The maximum Gasteiger partial charge on any atom is 0.155 e. The van der Waals surface area contributed by atoms with Crippen LogP contribution in [0.1, 0.15) is 6.92 Å². The van der Waals surface area contributed by atoms with Crippen LogP contribution in [0.4, 0.5) is 0 Å².